The largest absolute Gasteiger partial charge is 0.509 e. The van der Waals surface area contributed by atoms with Gasteiger partial charge in [-0.3, -0.25) is 0 Å². The second-order valence-electron chi connectivity index (χ2n) is 9.95. The Morgan fingerprint density at radius 2 is 1.11 bits per heavy atom. The molecule has 14 nitrogen and oxygen atoms in total. The van der Waals surface area contributed by atoms with E-state index in [1.165, 1.54) is 14.2 Å². The summed E-state index contributed by atoms with van der Waals surface area (Å²) in [5.41, 5.74) is 0. The Labute approximate surface area is 315 Å². The van der Waals surface area contributed by atoms with E-state index in [9.17, 15) is 29.4 Å². The Balaban J connectivity index is -0.000000735. The normalized spacial score (nSPS) is 24.6. The van der Waals surface area contributed by atoms with Gasteiger partial charge in [0, 0.05) is 65.4 Å². The second-order valence-corrected chi connectivity index (χ2v) is 9.95. The molecule has 0 heterocycles. The Hall–Kier alpha value is -1.31. The third kappa shape index (κ3) is 20.5. The first-order chi connectivity index (χ1) is 19.9. The van der Waals surface area contributed by atoms with E-state index in [-0.39, 0.29) is 97.9 Å². The fourth-order valence-corrected chi connectivity index (χ4v) is 4.17. The van der Waals surface area contributed by atoms with E-state index in [1.807, 2.05) is 0 Å². The Morgan fingerprint density at radius 1 is 0.689 bits per heavy atom. The molecule has 0 aromatic rings. The summed E-state index contributed by atoms with van der Waals surface area (Å²) in [5, 5.41) is 19.7. The topological polar surface area (TPSA) is 183 Å². The quantitative estimate of drug-likeness (QED) is 0.177. The Bertz CT molecular complexity index is 889. The average Bonchev–Trinajstić information content (AvgIpc) is 2.96. The molecule has 8 atom stereocenters. The van der Waals surface area contributed by atoms with E-state index < -0.39 is 61.2 Å². The van der Waals surface area contributed by atoms with Crippen LogP contribution in [0.25, 0.3) is 0 Å². The second kappa shape index (κ2) is 26.7. The van der Waals surface area contributed by atoms with Gasteiger partial charge >= 0.3 is 24.6 Å². The van der Waals surface area contributed by atoms with Crippen molar-refractivity contribution in [3.05, 3.63) is 25.3 Å². The third-order valence-corrected chi connectivity index (χ3v) is 6.55. The van der Waals surface area contributed by atoms with Crippen LogP contribution in [0.3, 0.4) is 0 Å². The van der Waals surface area contributed by atoms with Crippen LogP contribution < -0.4 is 0 Å². The molecule has 2 aliphatic carbocycles. The van der Waals surface area contributed by atoms with Crippen molar-refractivity contribution in [2.45, 2.75) is 96.4 Å². The van der Waals surface area contributed by atoms with Crippen LogP contribution in [0.5, 0.6) is 0 Å². The van der Waals surface area contributed by atoms with Crippen molar-refractivity contribution >= 4 is 24.6 Å². The first-order valence-corrected chi connectivity index (χ1v) is 13.7. The number of methoxy groups -OCH3 is 2. The predicted molar refractivity (Wildman–Crippen MR) is 152 cm³/mol. The fourth-order valence-electron chi connectivity index (χ4n) is 4.17. The summed E-state index contributed by atoms with van der Waals surface area (Å²) in [6.07, 6.45) is -0.0887. The average molecular weight is 799 g/mol. The van der Waals surface area contributed by atoms with Crippen LogP contribution in [-0.2, 0) is 103 Å². The fraction of sp³-hybridized carbons (Fsp3) is 0.724. The molecule has 45 heavy (non-hydrogen) atoms. The smallest absolute Gasteiger partial charge is 0.438 e. The van der Waals surface area contributed by atoms with Crippen molar-refractivity contribution in [3.8, 4) is 0 Å². The number of hydrogen-bond donors (Lipinski definition) is 2. The summed E-state index contributed by atoms with van der Waals surface area (Å²) in [5.74, 6) is 0.453. The van der Waals surface area contributed by atoms with Crippen molar-refractivity contribution in [3.63, 3.8) is 0 Å². The van der Waals surface area contributed by atoms with E-state index in [0.29, 0.717) is 25.7 Å². The van der Waals surface area contributed by atoms with Crippen LogP contribution in [-0.4, -0.2) is 98.9 Å². The summed E-state index contributed by atoms with van der Waals surface area (Å²) >= 11 is 0. The maximum absolute atomic E-state index is 11.6. The van der Waals surface area contributed by atoms with Gasteiger partial charge in [0.05, 0.1) is 26.4 Å². The van der Waals surface area contributed by atoms with Gasteiger partial charge in [-0.15, -0.1) is 13.2 Å². The van der Waals surface area contributed by atoms with Crippen LogP contribution in [0.15, 0.2) is 25.3 Å². The summed E-state index contributed by atoms with van der Waals surface area (Å²) < 4.78 is 37.9. The molecule has 2 aliphatic rings. The molecule has 0 amide bonds. The zero-order valence-electron chi connectivity index (χ0n) is 25.8. The van der Waals surface area contributed by atoms with Gasteiger partial charge in [0.15, 0.2) is 0 Å². The molecule has 0 spiro atoms. The molecule has 2 radical (unpaired) electrons. The third-order valence-electron chi connectivity index (χ3n) is 6.55. The first-order valence-electron chi connectivity index (χ1n) is 13.7. The summed E-state index contributed by atoms with van der Waals surface area (Å²) in [6.45, 7) is 10.2. The van der Waals surface area contributed by atoms with E-state index in [1.54, 1.807) is 26.0 Å². The molecule has 2 N–H and O–H groups in total. The minimum absolute atomic E-state index is 0. The van der Waals surface area contributed by atoms with Crippen molar-refractivity contribution in [1.82, 2.24) is 0 Å². The van der Waals surface area contributed by atoms with Gasteiger partial charge in [-0.1, -0.05) is 19.6 Å². The number of allylic oxidation sites excluding steroid dienone is 2. The molecule has 254 valence electrons. The van der Waals surface area contributed by atoms with Gasteiger partial charge in [-0.05, 0) is 64.2 Å². The summed E-state index contributed by atoms with van der Waals surface area (Å²) in [7, 11) is 2.37. The standard InChI is InChI=1S/2C14H22O7.CH4.2Y/c1-4-10-5-6-12(11(15)7-10)21-14(17)20-9(2)8-19-13(16)18-3;1-4-10-5-6-11(15)12(7-10)21-14(17)20-9(2)8-19-13(16)18-3;;;/h2*4,9-12,15H,1,5-8H2,2-3H3;1H4;;. The van der Waals surface area contributed by atoms with Gasteiger partial charge in [-0.25, -0.2) is 19.2 Å². The minimum atomic E-state index is -0.898. The van der Waals surface area contributed by atoms with Crippen LogP contribution in [0.1, 0.15) is 59.8 Å². The monoisotopic (exact) mass is 798 g/mol. The molecule has 16 heteroatoms. The molecule has 2 fully saturated rings. The predicted octanol–water partition coefficient (Wildman–Crippen LogP) is 4.68. The van der Waals surface area contributed by atoms with E-state index in [2.05, 4.69) is 32.1 Å². The van der Waals surface area contributed by atoms with E-state index in [0.717, 1.165) is 12.8 Å². The molecule has 0 aliphatic heterocycles. The van der Waals surface area contributed by atoms with E-state index >= 15 is 0 Å². The number of aliphatic hydroxyl groups excluding tert-OH is 2. The van der Waals surface area contributed by atoms with Crippen LogP contribution in [0.4, 0.5) is 19.2 Å². The SMILES string of the molecule is C.C=CC1CCC(O)C(OC(=O)OC(C)COC(=O)OC)C1.C=CC1CCC(OC(=O)OC(C)COC(=O)OC)C(O)C1.[Y].[Y]. The molecule has 0 aromatic heterocycles. The molecule has 0 aromatic carbocycles. The van der Waals surface area contributed by atoms with Crippen LogP contribution in [0.2, 0.25) is 0 Å². The number of ether oxygens (including phenoxy) is 8. The molecule has 0 bridgehead atoms. The molecule has 2 rings (SSSR count). The maximum Gasteiger partial charge on any atom is 0.509 e. The van der Waals surface area contributed by atoms with Crippen molar-refractivity contribution in [2.75, 3.05) is 27.4 Å². The zero-order chi connectivity index (χ0) is 31.7. The van der Waals surface area contributed by atoms with E-state index in [4.69, 9.17) is 18.9 Å². The number of hydrogen-bond acceptors (Lipinski definition) is 14. The van der Waals surface area contributed by atoms with Crippen LogP contribution in [0, 0.1) is 11.8 Å². The summed E-state index contributed by atoms with van der Waals surface area (Å²) in [6, 6.07) is 0. The Kier molecular flexibility index (Phi) is 28.6. The molecular weight excluding hydrogens is 750 g/mol. The molecule has 0 saturated heterocycles. The van der Waals surface area contributed by atoms with Gasteiger partial charge in [-0.2, -0.15) is 0 Å². The van der Waals surface area contributed by atoms with Gasteiger partial charge < -0.3 is 48.1 Å². The van der Waals surface area contributed by atoms with Gasteiger partial charge in [0.2, 0.25) is 0 Å². The maximum atomic E-state index is 11.6. The molecule has 8 unspecified atom stereocenters. The summed E-state index contributed by atoms with van der Waals surface area (Å²) in [4.78, 5) is 44.7. The number of rotatable bonds is 10. The number of carbonyl (C=O) groups is 4. The zero-order valence-corrected chi connectivity index (χ0v) is 31.5. The number of carbonyl (C=O) groups excluding carboxylic acids is 4. The molecule has 2 saturated carbocycles. The number of aliphatic hydroxyl groups is 2. The minimum Gasteiger partial charge on any atom is -0.438 e. The van der Waals surface area contributed by atoms with Crippen molar-refractivity contribution in [1.29, 1.82) is 0 Å². The first kappa shape index (κ1) is 48.1. The molecular formula is C29H48O14Y2. The van der Waals surface area contributed by atoms with Gasteiger partial charge in [0.1, 0.15) is 37.6 Å². The Morgan fingerprint density at radius 3 is 1.53 bits per heavy atom. The van der Waals surface area contributed by atoms with Crippen molar-refractivity contribution in [2.24, 2.45) is 11.8 Å². The van der Waals surface area contributed by atoms with Crippen LogP contribution >= 0.6 is 0 Å². The van der Waals surface area contributed by atoms with Gasteiger partial charge in [0.25, 0.3) is 0 Å². The van der Waals surface area contributed by atoms with Crippen molar-refractivity contribution < 1.29 is 133 Å².